The van der Waals surface area contributed by atoms with Gasteiger partial charge in [0.05, 0.1) is 11.3 Å². The lowest BCUT2D eigenvalue weighted by Crippen LogP contribution is -2.36. The van der Waals surface area contributed by atoms with Gasteiger partial charge in [0.2, 0.25) is 0 Å². The fourth-order valence-corrected chi connectivity index (χ4v) is 3.17. The minimum atomic E-state index is -0.124. The molecule has 132 valence electrons. The molecule has 2 heterocycles. The number of fused-ring (bicyclic) bond motifs is 1. The lowest BCUT2D eigenvalue weighted by Gasteiger charge is -2.28. The van der Waals surface area contributed by atoms with Crippen LogP contribution in [0.2, 0.25) is 0 Å². The van der Waals surface area contributed by atoms with Crippen molar-refractivity contribution in [2.75, 3.05) is 11.9 Å². The normalized spacial score (nSPS) is 12.8. The van der Waals surface area contributed by atoms with Gasteiger partial charge in [0.25, 0.3) is 5.91 Å². The van der Waals surface area contributed by atoms with Crippen molar-refractivity contribution in [2.24, 2.45) is 0 Å². The Kier molecular flexibility index (Phi) is 4.50. The van der Waals surface area contributed by atoms with Crippen LogP contribution < -0.4 is 5.32 Å². The van der Waals surface area contributed by atoms with Crippen LogP contribution >= 0.6 is 0 Å². The van der Waals surface area contributed by atoms with Crippen LogP contribution in [0.3, 0.4) is 0 Å². The van der Waals surface area contributed by atoms with Crippen molar-refractivity contribution < 1.29 is 4.79 Å². The van der Waals surface area contributed by atoms with Gasteiger partial charge in [0.15, 0.2) is 11.5 Å². The highest BCUT2D eigenvalue weighted by molar-refractivity contribution is 5.92. The molecule has 0 atom stereocenters. The maximum atomic E-state index is 12.7. The van der Waals surface area contributed by atoms with Gasteiger partial charge in [0, 0.05) is 13.1 Å². The predicted molar refractivity (Wildman–Crippen MR) is 101 cm³/mol. The fraction of sp³-hybridized carbons (Fsp3) is 0.143. The summed E-state index contributed by atoms with van der Waals surface area (Å²) in [4.78, 5) is 14.5. The number of rotatable bonds is 3. The lowest BCUT2D eigenvalue weighted by molar-refractivity contribution is 0.0727. The molecule has 1 aliphatic rings. The Balaban J connectivity index is 1.48. The molecule has 6 heteroatoms. The molecule has 3 aromatic rings. The van der Waals surface area contributed by atoms with Crippen LogP contribution in [0.15, 0.2) is 60.7 Å². The molecule has 0 spiro atoms. The van der Waals surface area contributed by atoms with Gasteiger partial charge in [-0.25, -0.2) is 0 Å². The lowest BCUT2D eigenvalue weighted by atomic mass is 10.00. The Labute approximate surface area is 157 Å². The monoisotopic (exact) mass is 355 g/mol. The number of nitrogens with one attached hydrogen (secondary N) is 1. The van der Waals surface area contributed by atoms with Gasteiger partial charge in [0.1, 0.15) is 6.07 Å². The van der Waals surface area contributed by atoms with Gasteiger partial charge in [-0.1, -0.05) is 36.4 Å². The number of nitriles is 1. The predicted octanol–water partition coefficient (Wildman–Crippen LogP) is 3.29. The van der Waals surface area contributed by atoms with Gasteiger partial charge in [-0.15, -0.1) is 10.2 Å². The molecule has 2 aromatic carbocycles. The van der Waals surface area contributed by atoms with E-state index in [4.69, 9.17) is 5.26 Å². The molecule has 0 bridgehead atoms. The quantitative estimate of drug-likeness (QED) is 0.779. The van der Waals surface area contributed by atoms with Crippen LogP contribution in [-0.4, -0.2) is 27.5 Å². The zero-order valence-electron chi connectivity index (χ0n) is 14.6. The number of carbonyl (C=O) groups excluding carboxylic acids is 1. The van der Waals surface area contributed by atoms with Crippen molar-refractivity contribution in [3.63, 3.8) is 0 Å². The van der Waals surface area contributed by atoms with Crippen molar-refractivity contribution in [1.29, 1.82) is 5.26 Å². The number of nitrogens with zero attached hydrogens (tertiary/aromatic N) is 4. The molecule has 4 rings (SSSR count). The third-order valence-corrected chi connectivity index (χ3v) is 4.61. The topological polar surface area (TPSA) is 81.9 Å². The standard InChI is InChI=1S/C21H17N5O/c22-13-16-6-3-4-8-18(16)23-20-10-9-19(24-25-20)21(27)26-12-11-15-5-1-2-7-17(15)14-26/h1-10H,11-12,14H2,(H,23,25). The average Bonchev–Trinajstić information content (AvgIpc) is 2.74. The number of amides is 1. The summed E-state index contributed by atoms with van der Waals surface area (Å²) in [6, 6.07) is 20.8. The van der Waals surface area contributed by atoms with Crippen LogP contribution in [0.1, 0.15) is 27.2 Å². The minimum absolute atomic E-state index is 0.124. The molecule has 0 fully saturated rings. The van der Waals surface area contributed by atoms with E-state index in [1.165, 1.54) is 11.1 Å². The van der Waals surface area contributed by atoms with E-state index in [-0.39, 0.29) is 5.91 Å². The summed E-state index contributed by atoms with van der Waals surface area (Å²) in [5.74, 6) is 0.360. The van der Waals surface area contributed by atoms with E-state index >= 15 is 0 Å². The molecule has 6 nitrogen and oxygen atoms in total. The molecule has 0 unspecified atom stereocenters. The summed E-state index contributed by atoms with van der Waals surface area (Å²) < 4.78 is 0. The number of para-hydroxylation sites is 1. The first-order valence-electron chi connectivity index (χ1n) is 8.70. The van der Waals surface area contributed by atoms with Gasteiger partial charge >= 0.3 is 0 Å². The second-order valence-corrected chi connectivity index (χ2v) is 6.33. The van der Waals surface area contributed by atoms with Gasteiger partial charge in [-0.3, -0.25) is 4.79 Å². The van der Waals surface area contributed by atoms with Crippen molar-refractivity contribution in [3.05, 3.63) is 83.0 Å². The molecular weight excluding hydrogens is 338 g/mol. The zero-order valence-corrected chi connectivity index (χ0v) is 14.6. The summed E-state index contributed by atoms with van der Waals surface area (Å²) in [6.45, 7) is 1.26. The Hall–Kier alpha value is -3.72. The molecule has 1 aromatic heterocycles. The maximum absolute atomic E-state index is 12.7. The number of hydrogen-bond donors (Lipinski definition) is 1. The minimum Gasteiger partial charge on any atom is -0.338 e. The Morgan fingerprint density at radius 2 is 1.78 bits per heavy atom. The summed E-state index contributed by atoms with van der Waals surface area (Å²) in [5.41, 5.74) is 3.96. The summed E-state index contributed by atoms with van der Waals surface area (Å²) in [6.07, 6.45) is 0.847. The van der Waals surface area contributed by atoms with E-state index in [1.54, 1.807) is 35.2 Å². The number of hydrogen-bond acceptors (Lipinski definition) is 5. The Morgan fingerprint density at radius 3 is 2.56 bits per heavy atom. The number of aromatic nitrogens is 2. The summed E-state index contributed by atoms with van der Waals surface area (Å²) in [5, 5.41) is 20.4. The van der Waals surface area contributed by atoms with Crippen molar-refractivity contribution in [1.82, 2.24) is 15.1 Å². The highest BCUT2D eigenvalue weighted by atomic mass is 16.2. The van der Waals surface area contributed by atoms with E-state index in [1.807, 2.05) is 18.2 Å². The first kappa shape index (κ1) is 16.7. The maximum Gasteiger partial charge on any atom is 0.274 e. The summed E-state index contributed by atoms with van der Waals surface area (Å²) in [7, 11) is 0. The van der Waals surface area contributed by atoms with E-state index in [0.29, 0.717) is 35.9 Å². The molecule has 0 aliphatic carbocycles. The Bertz CT molecular complexity index is 1020. The van der Waals surface area contributed by atoms with E-state index in [9.17, 15) is 4.79 Å². The number of anilines is 2. The molecule has 1 N–H and O–H groups in total. The molecule has 0 radical (unpaired) electrons. The van der Waals surface area contributed by atoms with Gasteiger partial charge < -0.3 is 10.2 Å². The van der Waals surface area contributed by atoms with Crippen molar-refractivity contribution in [2.45, 2.75) is 13.0 Å². The Morgan fingerprint density at radius 1 is 1.00 bits per heavy atom. The highest BCUT2D eigenvalue weighted by Gasteiger charge is 2.22. The molecular formula is C21H17N5O. The van der Waals surface area contributed by atoms with E-state index < -0.39 is 0 Å². The van der Waals surface area contributed by atoms with Crippen LogP contribution in [0, 0.1) is 11.3 Å². The molecule has 27 heavy (non-hydrogen) atoms. The zero-order chi connectivity index (χ0) is 18.6. The summed E-state index contributed by atoms with van der Waals surface area (Å²) >= 11 is 0. The van der Waals surface area contributed by atoms with Gasteiger partial charge in [-0.2, -0.15) is 5.26 Å². The molecule has 1 amide bonds. The first-order chi connectivity index (χ1) is 13.2. The van der Waals surface area contributed by atoms with E-state index in [0.717, 1.165) is 6.42 Å². The van der Waals surface area contributed by atoms with Gasteiger partial charge in [-0.05, 0) is 41.8 Å². The third kappa shape index (κ3) is 3.48. The fourth-order valence-electron chi connectivity index (χ4n) is 3.17. The number of benzene rings is 2. The number of carbonyl (C=O) groups is 1. The smallest absolute Gasteiger partial charge is 0.274 e. The van der Waals surface area contributed by atoms with Crippen LogP contribution in [0.4, 0.5) is 11.5 Å². The molecule has 0 saturated carbocycles. The third-order valence-electron chi connectivity index (χ3n) is 4.61. The highest BCUT2D eigenvalue weighted by Crippen LogP contribution is 2.21. The SMILES string of the molecule is N#Cc1ccccc1Nc1ccc(C(=O)N2CCc3ccccc3C2)nn1. The second kappa shape index (κ2) is 7.26. The first-order valence-corrected chi connectivity index (χ1v) is 8.70. The van der Waals surface area contributed by atoms with Crippen LogP contribution in [-0.2, 0) is 13.0 Å². The largest absolute Gasteiger partial charge is 0.338 e. The molecule has 0 saturated heterocycles. The second-order valence-electron chi connectivity index (χ2n) is 6.33. The van der Waals surface area contributed by atoms with Crippen LogP contribution in [0.5, 0.6) is 0 Å². The van der Waals surface area contributed by atoms with Crippen LogP contribution in [0.25, 0.3) is 0 Å². The van der Waals surface area contributed by atoms with E-state index in [2.05, 4.69) is 33.7 Å². The average molecular weight is 355 g/mol. The molecule has 1 aliphatic heterocycles. The van der Waals surface area contributed by atoms with Crippen molar-refractivity contribution in [3.8, 4) is 6.07 Å². The van der Waals surface area contributed by atoms with Crippen molar-refractivity contribution >= 4 is 17.4 Å².